The summed E-state index contributed by atoms with van der Waals surface area (Å²) in [5.41, 5.74) is 20.9. The fourth-order valence-electron chi connectivity index (χ4n) is 20.8. The van der Waals surface area contributed by atoms with Gasteiger partial charge in [-0.3, -0.25) is 14.7 Å². The van der Waals surface area contributed by atoms with E-state index >= 15 is 0 Å². The van der Waals surface area contributed by atoms with Gasteiger partial charge in [0.25, 0.3) is 11.1 Å². The second-order valence-corrected chi connectivity index (χ2v) is 37.4. The number of benzene rings is 11. The molecule has 0 saturated carbocycles. The zero-order valence-corrected chi connectivity index (χ0v) is 81.1. The average Bonchev–Trinajstić information content (AvgIpc) is 1.71. The first-order chi connectivity index (χ1) is 71.6. The molecule has 0 atom stereocenters. The number of nitrogens with one attached hydrogen (secondary N) is 6. The fraction of sp³-hybridized carbons (Fsp3) is 0.125. The Morgan fingerprint density at radius 2 is 0.803 bits per heavy atom. The van der Waals surface area contributed by atoms with Crippen LogP contribution in [-0.2, 0) is 6.54 Å². The molecule has 11 aromatic carbocycles. The smallest absolute Gasteiger partial charge is 0.346 e. The number of para-hydroxylation sites is 5. The van der Waals surface area contributed by atoms with Gasteiger partial charge in [0.05, 0.1) is 73.7 Å². The lowest BCUT2D eigenvalue weighted by Gasteiger charge is -2.28. The first-order valence-corrected chi connectivity index (χ1v) is 48.5. The number of aryl methyl sites for hydroxylation is 5. The second kappa shape index (κ2) is 37.8. The van der Waals surface area contributed by atoms with E-state index in [1.807, 2.05) is 216 Å². The van der Waals surface area contributed by atoms with Crippen LogP contribution in [0.1, 0.15) is 47.9 Å². The van der Waals surface area contributed by atoms with Gasteiger partial charge in [0, 0.05) is 182 Å². The summed E-state index contributed by atoms with van der Waals surface area (Å²) in [6.45, 7) is 11.8. The summed E-state index contributed by atoms with van der Waals surface area (Å²) in [5, 5.41) is 64.0. The third-order valence-corrected chi connectivity index (χ3v) is 27.8. The largest absolute Gasteiger partial charge is 0.508 e. The van der Waals surface area contributed by atoms with E-state index in [1.54, 1.807) is 86.0 Å². The molecule has 15 aromatic heterocycles. The number of rotatable bonds is 12. The molecule has 1 aliphatic heterocycles. The van der Waals surface area contributed by atoms with Crippen molar-refractivity contribution in [3.63, 3.8) is 0 Å². The summed E-state index contributed by atoms with van der Waals surface area (Å²) in [6, 6.07) is 82.8. The van der Waals surface area contributed by atoms with E-state index in [4.69, 9.17) is 38.5 Å². The van der Waals surface area contributed by atoms with Gasteiger partial charge < -0.3 is 73.3 Å². The van der Waals surface area contributed by atoms with Crippen molar-refractivity contribution in [2.24, 2.45) is 0 Å². The maximum atomic E-state index is 14.0. The highest BCUT2D eigenvalue weighted by Gasteiger charge is 2.28. The van der Waals surface area contributed by atoms with Crippen LogP contribution in [0, 0.1) is 27.7 Å². The molecule has 16 heterocycles. The van der Waals surface area contributed by atoms with Crippen LogP contribution in [0.25, 0.3) is 231 Å². The number of aromatic hydroxyl groups is 4. The highest BCUT2D eigenvalue weighted by molar-refractivity contribution is 6.27. The minimum Gasteiger partial charge on any atom is -0.508 e. The van der Waals surface area contributed by atoms with Crippen LogP contribution in [0.5, 0.6) is 28.7 Å². The first-order valence-electron chi connectivity index (χ1n) is 48.5. The van der Waals surface area contributed by atoms with Crippen molar-refractivity contribution >= 4 is 169 Å². The van der Waals surface area contributed by atoms with Crippen molar-refractivity contribution in [3.05, 3.63) is 362 Å². The van der Waals surface area contributed by atoms with Crippen LogP contribution in [0.15, 0.2) is 326 Å². The molecule has 1 aliphatic rings. The molecule has 27 rings (SSSR count). The molecule has 27 nitrogen and oxygen atoms in total. The van der Waals surface area contributed by atoms with Gasteiger partial charge >= 0.3 is 11.3 Å². The Morgan fingerprint density at radius 1 is 0.374 bits per heavy atom. The summed E-state index contributed by atoms with van der Waals surface area (Å²) in [5.74, 6) is 1.49. The number of aromatic nitrogens is 14. The second-order valence-electron chi connectivity index (χ2n) is 37.4. The molecule has 0 unspecified atom stereocenters. The number of ether oxygens (including phenoxy) is 1. The number of anilines is 1. The van der Waals surface area contributed by atoms with Crippen molar-refractivity contribution in [1.29, 1.82) is 0 Å². The SMILES string of the molecule is COc1ccc(-c2nc3[nH]cc(C)c3c3c2c(=O)oc2ccccc23)cc1.Cc1c[nH]c2nc(-c3ccc(O)cc3)c3c(=O)n(CCCN(C)C)c4ccccc4c3c12.Cc1c[nH]c2nc(-c3ccc(O)cc3)c3c(=O)oc4ccccc4c3c12.Cc1cnc2nc(-c3ccc(O)cc3)c3c[nH]c4ccccc4c3c12.O=c1[nH]c2ccccc2c2c1c(-c1ccc(O)cc1)nc1n[nH]c(-c3ccc(N4CCCCC4)cc3)c12. The highest BCUT2D eigenvalue weighted by atomic mass is 16.5. The van der Waals surface area contributed by atoms with E-state index < -0.39 is 5.63 Å². The monoisotopic (exact) mass is 1940 g/mol. The lowest BCUT2D eigenvalue weighted by Crippen LogP contribution is -2.29. The van der Waals surface area contributed by atoms with Crippen LogP contribution in [0.4, 0.5) is 5.69 Å². The zero-order valence-electron chi connectivity index (χ0n) is 81.1. The minimum atomic E-state index is -0.420. The van der Waals surface area contributed by atoms with Gasteiger partial charge in [-0.05, 0) is 260 Å². The summed E-state index contributed by atoms with van der Waals surface area (Å²) in [4.78, 5) is 103. The summed E-state index contributed by atoms with van der Waals surface area (Å²) < 4.78 is 18.3. The van der Waals surface area contributed by atoms with Gasteiger partial charge in [-0.2, -0.15) is 5.10 Å². The molecule has 27 heteroatoms. The molecule has 0 amide bonds. The predicted octanol–water partition coefficient (Wildman–Crippen LogP) is 24.9. The number of hydrogen-bond donors (Lipinski definition) is 10. The standard InChI is InChI=1S/C30H25N5O2.C26H26N4O2.C22H16N2O3.C21H15N3O.C21H14N2O3/c36-21-14-10-18(11-15-21)27-26-24(22-6-2-3-7-23(22)31-30(26)37)25-28(33-34-29(25)32-27)19-8-12-20(13-9-19)35-16-4-1-5-17-35;1-16-15-27-25-21(16)22-19-7-4-5-8-20(19)30(14-6-13-29(2)3)26(32)23(22)24(28-25)17-9-11-18(31)12-10-17;1-12-11-23-21-17(12)18-15-5-3-4-6-16(15)27-22(25)19(18)20(24-21)13-7-9-14(26-2)10-8-13;1-12-10-23-21-18(12)19-15-4-2-3-5-17(15)22-11-16(19)20(24-21)13-6-8-14(25)9-7-13;1-11-10-22-20-16(11)17-14-4-2-3-5-15(14)26-21(25)18(17)19(23-20)12-6-8-13(24)9-7-12/h2-3,6-15,36H,1,4-5,16-17H2,(H,31,37)(H,32,33,34);4-5,7-12,15,31H,6,13-14H2,1-3H3,(H,27,28);3-11H,1-2H3,(H,23,24);2-11,22,25H,1H3;2-10,24H,1H3,(H,22,23). The molecule has 147 heavy (non-hydrogen) atoms. The molecule has 1 fully saturated rings. The maximum absolute atomic E-state index is 14.0. The van der Waals surface area contributed by atoms with E-state index in [-0.39, 0.29) is 39.7 Å². The lowest BCUT2D eigenvalue weighted by molar-refractivity contribution is 0.387. The van der Waals surface area contributed by atoms with Gasteiger partial charge in [-0.25, -0.2) is 39.5 Å². The number of aromatic amines is 6. The van der Waals surface area contributed by atoms with Gasteiger partial charge in [-0.1, -0.05) is 103 Å². The molecule has 26 aromatic rings. The van der Waals surface area contributed by atoms with Crippen molar-refractivity contribution in [3.8, 4) is 96.3 Å². The Kier molecular flexibility index (Phi) is 23.7. The fourth-order valence-corrected chi connectivity index (χ4v) is 20.8. The zero-order chi connectivity index (χ0) is 101. The van der Waals surface area contributed by atoms with Gasteiger partial charge in [0.2, 0.25) is 0 Å². The normalized spacial score (nSPS) is 12.3. The predicted molar refractivity (Wildman–Crippen MR) is 587 cm³/mol. The van der Waals surface area contributed by atoms with Crippen molar-refractivity contribution in [1.82, 2.24) is 74.5 Å². The van der Waals surface area contributed by atoms with Crippen molar-refractivity contribution < 1.29 is 34.0 Å². The summed E-state index contributed by atoms with van der Waals surface area (Å²) in [7, 11) is 5.70. The van der Waals surface area contributed by atoms with Crippen LogP contribution in [0.3, 0.4) is 0 Å². The Labute approximate surface area is 836 Å². The molecule has 1 saturated heterocycles. The number of nitrogens with zero attached hydrogens (tertiary/aromatic N) is 10. The molecule has 10 N–H and O–H groups in total. The van der Waals surface area contributed by atoms with Crippen LogP contribution < -0.4 is 32.0 Å². The lowest BCUT2D eigenvalue weighted by atomic mass is 9.97. The summed E-state index contributed by atoms with van der Waals surface area (Å²) in [6.07, 6.45) is 14.3. The number of hydrogen-bond acceptors (Lipinski definition) is 20. The number of phenolic OH excluding ortho intramolecular Hbond substituents is 4. The highest BCUT2D eigenvalue weighted by Crippen LogP contribution is 2.46. The number of phenols is 4. The number of piperidine rings is 1. The quantitative estimate of drug-likeness (QED) is 0.0401. The molecule has 0 aliphatic carbocycles. The van der Waals surface area contributed by atoms with E-state index in [9.17, 15) is 39.6 Å². The van der Waals surface area contributed by atoms with Crippen molar-refractivity contribution in [2.75, 3.05) is 45.7 Å². The Balaban J connectivity index is 0.000000102. The van der Waals surface area contributed by atoms with E-state index in [0.29, 0.717) is 73.3 Å². The van der Waals surface area contributed by atoms with Gasteiger partial charge in [0.1, 0.15) is 56.9 Å². The molecule has 0 spiro atoms. The Morgan fingerprint density at radius 3 is 1.32 bits per heavy atom. The molecular formula is C120H96N16O11. The number of pyridine rings is 8. The van der Waals surface area contributed by atoms with Gasteiger partial charge in [-0.15, -0.1) is 0 Å². The van der Waals surface area contributed by atoms with E-state index in [0.717, 1.165) is 218 Å². The molecule has 722 valence electrons. The van der Waals surface area contributed by atoms with Gasteiger partial charge in [0.15, 0.2) is 11.3 Å². The minimum absolute atomic E-state index is 0.0319. The maximum Gasteiger partial charge on any atom is 0.346 e. The van der Waals surface area contributed by atoms with Crippen LogP contribution in [-0.4, -0.2) is 136 Å². The first kappa shape index (κ1) is 91.9. The van der Waals surface area contributed by atoms with Crippen LogP contribution >= 0.6 is 0 Å². The van der Waals surface area contributed by atoms with Crippen molar-refractivity contribution in [2.45, 2.75) is 59.9 Å². The number of methoxy groups -OCH3 is 1. The topological polar surface area (TPSA) is 381 Å². The average molecular weight is 1940 g/mol. The third kappa shape index (κ3) is 16.6. The Bertz CT molecular complexity index is 9980. The third-order valence-electron chi connectivity index (χ3n) is 27.8. The number of H-pyrrole nitrogens is 6. The Hall–Kier alpha value is -18.9. The molecule has 0 bridgehead atoms. The number of fused-ring (bicyclic) bond motifs is 25. The molecular weight excluding hydrogens is 1840 g/mol. The molecule has 0 radical (unpaired) electrons. The summed E-state index contributed by atoms with van der Waals surface area (Å²) >= 11 is 0. The van der Waals surface area contributed by atoms with Crippen LogP contribution in [0.2, 0.25) is 0 Å². The van der Waals surface area contributed by atoms with E-state index in [1.165, 1.54) is 24.9 Å². The van der Waals surface area contributed by atoms with E-state index in [2.05, 4.69) is 99.3 Å².